The molecule has 0 aliphatic heterocycles. The molecule has 2 aromatic heterocycles. The van der Waals surface area contributed by atoms with E-state index in [4.69, 9.17) is 9.15 Å². The molecule has 0 atom stereocenters. The Bertz CT molecular complexity index is 982. The Morgan fingerprint density at radius 3 is 2.68 bits per heavy atom. The van der Waals surface area contributed by atoms with Gasteiger partial charge in [-0.25, -0.2) is 4.39 Å². The maximum absolute atomic E-state index is 13.9. The average Bonchev–Trinajstić information content (AvgIpc) is 3.19. The molecule has 0 aliphatic rings. The summed E-state index contributed by atoms with van der Waals surface area (Å²) in [5.41, 5.74) is 1.02. The van der Waals surface area contributed by atoms with Crippen molar-refractivity contribution in [1.29, 1.82) is 0 Å². The number of pyridine rings is 1. The van der Waals surface area contributed by atoms with Crippen molar-refractivity contribution in [3.8, 4) is 17.2 Å². The van der Waals surface area contributed by atoms with Gasteiger partial charge in [-0.1, -0.05) is 0 Å². The van der Waals surface area contributed by atoms with Gasteiger partial charge in [-0.3, -0.25) is 9.78 Å². The van der Waals surface area contributed by atoms with Gasteiger partial charge in [0.15, 0.2) is 0 Å². The van der Waals surface area contributed by atoms with E-state index in [0.29, 0.717) is 23.4 Å². The fourth-order valence-electron chi connectivity index (χ4n) is 2.34. The zero-order valence-electron chi connectivity index (χ0n) is 14.3. The van der Waals surface area contributed by atoms with E-state index in [1.807, 2.05) is 0 Å². The summed E-state index contributed by atoms with van der Waals surface area (Å²) >= 11 is 3.06. The van der Waals surface area contributed by atoms with Gasteiger partial charge in [0.25, 0.3) is 5.89 Å². The van der Waals surface area contributed by atoms with Gasteiger partial charge in [0.1, 0.15) is 11.6 Å². The summed E-state index contributed by atoms with van der Waals surface area (Å²) < 4.78 is 49.2. The van der Waals surface area contributed by atoms with Crippen molar-refractivity contribution in [3.05, 3.63) is 52.3 Å². The molecule has 0 fully saturated rings. The van der Waals surface area contributed by atoms with Crippen molar-refractivity contribution in [2.75, 3.05) is 12.0 Å². The lowest BCUT2D eigenvalue weighted by molar-refractivity contribution is -0.107. The maximum Gasteiger partial charge on any atom is 0.314 e. The van der Waals surface area contributed by atoms with Crippen LogP contribution >= 0.6 is 15.9 Å². The summed E-state index contributed by atoms with van der Waals surface area (Å²) in [6.07, 6.45) is -0.996. The molecule has 0 aliphatic carbocycles. The minimum absolute atomic E-state index is 0.0212. The lowest BCUT2D eigenvalue weighted by atomic mass is 10.2. The van der Waals surface area contributed by atoms with E-state index in [0.717, 1.165) is 6.07 Å². The molecule has 3 aromatic rings. The van der Waals surface area contributed by atoms with E-state index in [9.17, 15) is 18.0 Å². The Balaban J connectivity index is 1.82. The normalized spacial score (nSPS) is 10.9. The first kappa shape index (κ1) is 19.8. The number of hydrogen-bond donors (Lipinski definition) is 0. The van der Waals surface area contributed by atoms with Crippen LogP contribution in [0.2, 0.25) is 0 Å². The number of rotatable bonds is 7. The number of carbonyl (C=O) groups excluding carboxylic acids is 1. The zero-order valence-corrected chi connectivity index (χ0v) is 15.9. The van der Waals surface area contributed by atoms with Gasteiger partial charge in [0.2, 0.25) is 12.3 Å². The van der Waals surface area contributed by atoms with E-state index >= 15 is 0 Å². The van der Waals surface area contributed by atoms with Gasteiger partial charge in [0, 0.05) is 12.3 Å². The van der Waals surface area contributed by atoms with Gasteiger partial charge < -0.3 is 14.1 Å². The number of nitrogens with zero attached hydrogens (tertiary/aromatic N) is 4. The van der Waals surface area contributed by atoms with Gasteiger partial charge in [-0.2, -0.15) is 8.78 Å². The molecule has 0 spiro atoms. The molecule has 28 heavy (non-hydrogen) atoms. The van der Waals surface area contributed by atoms with Crippen LogP contribution in [0.5, 0.6) is 5.75 Å². The lowest BCUT2D eigenvalue weighted by Gasteiger charge is -2.20. The van der Waals surface area contributed by atoms with E-state index in [2.05, 4.69) is 31.1 Å². The van der Waals surface area contributed by atoms with Crippen molar-refractivity contribution >= 4 is 28.0 Å². The Hall–Kier alpha value is -2.95. The second kappa shape index (κ2) is 8.38. The smallest absolute Gasteiger partial charge is 0.314 e. The number of benzene rings is 1. The molecule has 0 N–H and O–H groups in total. The summed E-state index contributed by atoms with van der Waals surface area (Å²) in [7, 11) is 1.40. The molecular weight excluding hydrogens is 445 g/mol. The van der Waals surface area contributed by atoms with Crippen LogP contribution in [0.25, 0.3) is 11.5 Å². The number of methoxy groups -OCH3 is 1. The molecule has 0 saturated heterocycles. The third-order valence-electron chi connectivity index (χ3n) is 3.69. The Morgan fingerprint density at radius 2 is 2.11 bits per heavy atom. The molecule has 0 bridgehead atoms. The number of aromatic nitrogens is 3. The van der Waals surface area contributed by atoms with Crippen molar-refractivity contribution in [3.63, 3.8) is 0 Å². The maximum atomic E-state index is 13.9. The third-order valence-corrected chi connectivity index (χ3v) is 4.30. The summed E-state index contributed by atoms with van der Waals surface area (Å²) in [6.45, 7) is 0.0212. The first-order chi connectivity index (χ1) is 13.4. The number of alkyl halides is 2. The summed E-state index contributed by atoms with van der Waals surface area (Å²) in [6, 6.07) is 5.66. The molecular formula is C17H12BrF3N4O3. The first-order valence-electron chi connectivity index (χ1n) is 7.74. The third kappa shape index (κ3) is 4.14. The molecule has 0 radical (unpaired) electrons. The van der Waals surface area contributed by atoms with Gasteiger partial charge in [0.05, 0.1) is 35.1 Å². The van der Waals surface area contributed by atoms with Crippen LogP contribution in [0.1, 0.15) is 18.0 Å². The highest BCUT2D eigenvalue weighted by Crippen LogP contribution is 2.33. The zero-order chi connectivity index (χ0) is 20.3. The molecule has 7 nitrogen and oxygen atoms in total. The number of carbonyl (C=O) groups is 1. The van der Waals surface area contributed by atoms with Crippen molar-refractivity contribution in [2.24, 2.45) is 0 Å². The van der Waals surface area contributed by atoms with Crippen LogP contribution in [0.4, 0.5) is 18.9 Å². The Labute approximate surface area is 165 Å². The highest BCUT2D eigenvalue weighted by molar-refractivity contribution is 9.10. The standard InChI is InChI=1S/C17H12BrF3N4O3/c1-27-14-4-11(18)12(19)5-13(14)25(8-26)7-10-3-2-9(6-22-10)16-23-24-17(28-16)15(20)21/h2-6,8,15H,7H2,1H3. The first-order valence-corrected chi connectivity index (χ1v) is 8.54. The highest BCUT2D eigenvalue weighted by Gasteiger charge is 2.18. The fraction of sp³-hybridized carbons (Fsp3) is 0.176. The number of anilines is 1. The van der Waals surface area contributed by atoms with Crippen LogP contribution in [0.3, 0.4) is 0 Å². The minimum atomic E-state index is -2.86. The summed E-state index contributed by atoms with van der Waals surface area (Å²) in [4.78, 5) is 16.9. The predicted molar refractivity (Wildman–Crippen MR) is 95.4 cm³/mol. The number of hydrogen-bond acceptors (Lipinski definition) is 6. The SMILES string of the molecule is COc1cc(Br)c(F)cc1N(C=O)Cc1ccc(-c2nnc(C(F)F)o2)cn1. The molecule has 3 rings (SSSR count). The molecule has 0 saturated carbocycles. The second-order valence-corrected chi connectivity index (χ2v) is 6.31. The molecule has 1 aromatic carbocycles. The van der Waals surface area contributed by atoms with Gasteiger partial charge in [-0.15, -0.1) is 10.2 Å². The largest absolute Gasteiger partial charge is 0.495 e. The van der Waals surface area contributed by atoms with E-state index < -0.39 is 18.1 Å². The molecule has 11 heteroatoms. The number of ether oxygens (including phenoxy) is 1. The van der Waals surface area contributed by atoms with Crippen LogP contribution in [-0.2, 0) is 11.3 Å². The quantitative estimate of drug-likeness (QED) is 0.497. The summed E-state index contributed by atoms with van der Waals surface area (Å²) in [5, 5.41) is 6.78. The van der Waals surface area contributed by atoms with Crippen molar-refractivity contribution < 1.29 is 27.1 Å². The second-order valence-electron chi connectivity index (χ2n) is 5.46. The molecule has 2 heterocycles. The lowest BCUT2D eigenvalue weighted by Crippen LogP contribution is -2.22. The topological polar surface area (TPSA) is 81.4 Å². The minimum Gasteiger partial charge on any atom is -0.495 e. The molecule has 146 valence electrons. The number of amides is 1. The van der Waals surface area contributed by atoms with Gasteiger partial charge >= 0.3 is 6.43 Å². The predicted octanol–water partition coefficient (Wildman–Crippen LogP) is 4.14. The fourth-order valence-corrected chi connectivity index (χ4v) is 2.67. The molecule has 0 unspecified atom stereocenters. The van der Waals surface area contributed by atoms with Crippen LogP contribution in [0, 0.1) is 5.82 Å². The summed E-state index contributed by atoms with van der Waals surface area (Å²) in [5.74, 6) is -1.15. The van der Waals surface area contributed by atoms with E-state index in [1.54, 1.807) is 6.07 Å². The Kier molecular flexibility index (Phi) is 5.93. The van der Waals surface area contributed by atoms with Crippen LogP contribution in [-0.4, -0.2) is 28.7 Å². The van der Waals surface area contributed by atoms with Crippen LogP contribution in [0.15, 0.2) is 39.4 Å². The highest BCUT2D eigenvalue weighted by atomic mass is 79.9. The van der Waals surface area contributed by atoms with E-state index in [-0.39, 0.29) is 22.6 Å². The number of halogens is 4. The van der Waals surface area contributed by atoms with Gasteiger partial charge in [-0.05, 0) is 34.1 Å². The van der Waals surface area contributed by atoms with Crippen molar-refractivity contribution in [2.45, 2.75) is 13.0 Å². The van der Waals surface area contributed by atoms with E-state index in [1.165, 1.54) is 30.3 Å². The monoisotopic (exact) mass is 456 g/mol. The van der Waals surface area contributed by atoms with Crippen molar-refractivity contribution in [1.82, 2.24) is 15.2 Å². The average molecular weight is 457 g/mol. The Morgan fingerprint density at radius 1 is 1.32 bits per heavy atom. The molecule has 1 amide bonds. The van der Waals surface area contributed by atoms with Crippen LogP contribution < -0.4 is 9.64 Å².